The Bertz CT molecular complexity index is 668. The molecule has 20 heavy (non-hydrogen) atoms. The molecule has 2 aromatic carbocycles. The van der Waals surface area contributed by atoms with Crippen molar-refractivity contribution in [1.29, 1.82) is 0 Å². The second kappa shape index (κ2) is 5.87. The van der Waals surface area contributed by atoms with E-state index in [0.717, 1.165) is 6.07 Å². The zero-order valence-corrected chi connectivity index (χ0v) is 12.2. The molecule has 0 unspecified atom stereocenters. The number of carbonyl (C=O) groups is 1. The number of nitrogen functional groups attached to an aromatic ring is 1. The molecule has 0 aliphatic heterocycles. The summed E-state index contributed by atoms with van der Waals surface area (Å²) in [7, 11) is 0. The smallest absolute Gasteiger partial charge is 0.255 e. The number of anilines is 2. The van der Waals surface area contributed by atoms with E-state index in [-0.39, 0.29) is 32.0 Å². The van der Waals surface area contributed by atoms with Gasteiger partial charge in [0.05, 0.1) is 26.4 Å². The molecule has 7 heteroatoms. The lowest BCUT2D eigenvalue weighted by molar-refractivity contribution is 0.102. The molecule has 2 aromatic rings. The Morgan fingerprint density at radius 3 is 2.45 bits per heavy atom. The highest BCUT2D eigenvalue weighted by atomic mass is 35.5. The standard InChI is InChI=1S/C13H8Cl3FN2O/c14-8-2-1-7(17)5-11(8)19-13(20)6-3-9(15)12(16)10(18)4-6/h1-5H,18H2,(H,19,20). The van der Waals surface area contributed by atoms with E-state index in [1.165, 1.54) is 24.3 Å². The molecule has 2 rings (SSSR count). The fourth-order valence-corrected chi connectivity index (χ4v) is 2.03. The molecule has 0 radical (unpaired) electrons. The Morgan fingerprint density at radius 1 is 1.10 bits per heavy atom. The summed E-state index contributed by atoms with van der Waals surface area (Å²) in [5.74, 6) is -1.04. The lowest BCUT2D eigenvalue weighted by atomic mass is 10.2. The number of hydrogen-bond acceptors (Lipinski definition) is 2. The van der Waals surface area contributed by atoms with Crippen molar-refractivity contribution in [2.75, 3.05) is 11.1 Å². The quantitative estimate of drug-likeness (QED) is 0.788. The van der Waals surface area contributed by atoms with Crippen molar-refractivity contribution >= 4 is 52.1 Å². The number of carbonyl (C=O) groups excluding carboxylic acids is 1. The topological polar surface area (TPSA) is 55.1 Å². The molecular formula is C13H8Cl3FN2O. The van der Waals surface area contributed by atoms with Gasteiger partial charge in [0.15, 0.2) is 0 Å². The van der Waals surface area contributed by atoms with E-state index in [0.29, 0.717) is 0 Å². The van der Waals surface area contributed by atoms with E-state index < -0.39 is 11.7 Å². The molecule has 0 aromatic heterocycles. The van der Waals surface area contributed by atoms with Crippen LogP contribution in [-0.2, 0) is 0 Å². The Morgan fingerprint density at radius 2 is 1.80 bits per heavy atom. The molecule has 1 amide bonds. The average Bonchev–Trinajstić information content (AvgIpc) is 2.39. The number of amides is 1. The predicted molar refractivity (Wildman–Crippen MR) is 80.2 cm³/mol. The van der Waals surface area contributed by atoms with Crippen LogP contribution in [0.3, 0.4) is 0 Å². The van der Waals surface area contributed by atoms with Gasteiger partial charge in [-0.3, -0.25) is 4.79 Å². The third-order valence-electron chi connectivity index (χ3n) is 2.50. The number of halogens is 4. The lowest BCUT2D eigenvalue weighted by Gasteiger charge is -2.09. The van der Waals surface area contributed by atoms with Crippen LogP contribution in [0.5, 0.6) is 0 Å². The molecule has 0 aliphatic carbocycles. The molecule has 0 bridgehead atoms. The number of benzene rings is 2. The maximum absolute atomic E-state index is 13.1. The predicted octanol–water partition coefficient (Wildman–Crippen LogP) is 4.62. The summed E-state index contributed by atoms with van der Waals surface area (Å²) in [4.78, 5) is 12.0. The van der Waals surface area contributed by atoms with Crippen LogP contribution in [0.15, 0.2) is 30.3 Å². The number of nitrogens with two attached hydrogens (primary N) is 1. The molecule has 0 saturated carbocycles. The van der Waals surface area contributed by atoms with Gasteiger partial charge in [-0.2, -0.15) is 0 Å². The van der Waals surface area contributed by atoms with Gasteiger partial charge in [-0.25, -0.2) is 4.39 Å². The van der Waals surface area contributed by atoms with Gasteiger partial charge in [-0.1, -0.05) is 34.8 Å². The van der Waals surface area contributed by atoms with E-state index in [4.69, 9.17) is 40.5 Å². The van der Waals surface area contributed by atoms with E-state index in [9.17, 15) is 9.18 Å². The minimum Gasteiger partial charge on any atom is -0.397 e. The van der Waals surface area contributed by atoms with Gasteiger partial charge in [0.2, 0.25) is 0 Å². The molecular weight excluding hydrogens is 326 g/mol. The zero-order valence-electron chi connectivity index (χ0n) is 9.88. The van der Waals surface area contributed by atoms with Gasteiger partial charge in [0.25, 0.3) is 5.91 Å². The number of hydrogen-bond donors (Lipinski definition) is 2. The maximum atomic E-state index is 13.1. The molecule has 0 spiro atoms. The third kappa shape index (κ3) is 3.15. The number of rotatable bonds is 2. The normalized spacial score (nSPS) is 10.4. The van der Waals surface area contributed by atoms with Gasteiger partial charge in [-0.05, 0) is 30.3 Å². The Labute approximate surface area is 129 Å². The lowest BCUT2D eigenvalue weighted by Crippen LogP contribution is -2.13. The largest absolute Gasteiger partial charge is 0.397 e. The van der Waals surface area contributed by atoms with Crippen molar-refractivity contribution in [3.8, 4) is 0 Å². The monoisotopic (exact) mass is 332 g/mol. The van der Waals surface area contributed by atoms with Crippen LogP contribution in [0.1, 0.15) is 10.4 Å². The first kappa shape index (κ1) is 14.9. The maximum Gasteiger partial charge on any atom is 0.255 e. The summed E-state index contributed by atoms with van der Waals surface area (Å²) in [5.41, 5.74) is 6.15. The van der Waals surface area contributed by atoms with E-state index in [1.807, 2.05) is 0 Å². The summed E-state index contributed by atoms with van der Waals surface area (Å²) in [6, 6.07) is 6.38. The van der Waals surface area contributed by atoms with Gasteiger partial charge in [-0.15, -0.1) is 0 Å². The third-order valence-corrected chi connectivity index (χ3v) is 3.64. The van der Waals surface area contributed by atoms with Gasteiger partial charge >= 0.3 is 0 Å². The van der Waals surface area contributed by atoms with E-state index >= 15 is 0 Å². The molecule has 0 aliphatic rings. The molecule has 0 atom stereocenters. The van der Waals surface area contributed by atoms with Crippen molar-refractivity contribution < 1.29 is 9.18 Å². The van der Waals surface area contributed by atoms with Crippen molar-refractivity contribution in [2.45, 2.75) is 0 Å². The van der Waals surface area contributed by atoms with Crippen LogP contribution in [0.4, 0.5) is 15.8 Å². The second-order valence-corrected chi connectivity index (χ2v) is 5.13. The zero-order chi connectivity index (χ0) is 14.9. The van der Waals surface area contributed by atoms with Crippen LogP contribution in [-0.4, -0.2) is 5.91 Å². The molecule has 3 N–H and O–H groups in total. The highest BCUT2D eigenvalue weighted by molar-refractivity contribution is 6.44. The summed E-state index contributed by atoms with van der Waals surface area (Å²) in [6.07, 6.45) is 0. The summed E-state index contributed by atoms with van der Waals surface area (Å²) in [6.45, 7) is 0. The first-order chi connectivity index (χ1) is 9.38. The number of nitrogens with one attached hydrogen (secondary N) is 1. The Kier molecular flexibility index (Phi) is 4.38. The Balaban J connectivity index is 2.31. The van der Waals surface area contributed by atoms with Gasteiger partial charge < -0.3 is 11.1 Å². The molecule has 104 valence electrons. The first-order valence-corrected chi connectivity index (χ1v) is 6.53. The van der Waals surface area contributed by atoms with Crippen LogP contribution >= 0.6 is 34.8 Å². The van der Waals surface area contributed by atoms with Crippen LogP contribution < -0.4 is 11.1 Å². The summed E-state index contributed by atoms with van der Waals surface area (Å²) < 4.78 is 13.1. The molecule has 3 nitrogen and oxygen atoms in total. The molecule has 0 fully saturated rings. The fraction of sp³-hybridized carbons (Fsp3) is 0. The second-order valence-electron chi connectivity index (χ2n) is 3.94. The summed E-state index contributed by atoms with van der Waals surface area (Å²) in [5, 5.41) is 3.02. The Hall–Kier alpha value is -1.49. The van der Waals surface area contributed by atoms with Gasteiger partial charge in [0, 0.05) is 5.56 Å². The average molecular weight is 334 g/mol. The van der Waals surface area contributed by atoms with E-state index in [2.05, 4.69) is 5.32 Å². The molecule has 0 heterocycles. The minimum atomic E-state index is -0.525. The minimum absolute atomic E-state index is 0.154. The summed E-state index contributed by atoms with van der Waals surface area (Å²) >= 11 is 17.5. The SMILES string of the molecule is Nc1cc(C(=O)Nc2cc(F)ccc2Cl)cc(Cl)c1Cl. The highest BCUT2D eigenvalue weighted by Gasteiger charge is 2.13. The van der Waals surface area contributed by atoms with Crippen LogP contribution in [0.25, 0.3) is 0 Å². The first-order valence-electron chi connectivity index (χ1n) is 5.39. The molecule has 0 saturated heterocycles. The van der Waals surface area contributed by atoms with E-state index in [1.54, 1.807) is 0 Å². The van der Waals surface area contributed by atoms with Crippen molar-refractivity contribution in [3.63, 3.8) is 0 Å². The van der Waals surface area contributed by atoms with Crippen molar-refractivity contribution in [2.24, 2.45) is 0 Å². The fourth-order valence-electron chi connectivity index (χ4n) is 1.53. The highest BCUT2D eigenvalue weighted by Crippen LogP contribution is 2.30. The van der Waals surface area contributed by atoms with Gasteiger partial charge in [0.1, 0.15) is 5.82 Å². The van der Waals surface area contributed by atoms with Crippen molar-refractivity contribution in [1.82, 2.24) is 0 Å². The van der Waals surface area contributed by atoms with Crippen molar-refractivity contribution in [3.05, 3.63) is 56.8 Å². The van der Waals surface area contributed by atoms with Crippen LogP contribution in [0, 0.1) is 5.82 Å². The van der Waals surface area contributed by atoms with Crippen LogP contribution in [0.2, 0.25) is 15.1 Å².